The molecule has 0 fully saturated rings. The molecular formula is C17H17NO4. The predicted octanol–water partition coefficient (Wildman–Crippen LogP) is 3.47. The van der Waals surface area contributed by atoms with Gasteiger partial charge in [-0.15, -0.1) is 0 Å². The maximum atomic E-state index is 11.2. The standard InChI is InChI=1S/C17H17NO4/c1-9-5-10(8-19)6-11-14-12(18-15(9)11)7-13(20-2)16(21-3)17(14)22-4/h5-8,18H,1-4H3. The van der Waals surface area contributed by atoms with Crippen LogP contribution in [0.2, 0.25) is 0 Å². The molecule has 0 saturated carbocycles. The van der Waals surface area contributed by atoms with Crippen LogP contribution in [0.1, 0.15) is 15.9 Å². The van der Waals surface area contributed by atoms with Crippen LogP contribution in [0.3, 0.4) is 0 Å². The molecule has 0 aliphatic rings. The molecule has 2 aromatic carbocycles. The van der Waals surface area contributed by atoms with E-state index >= 15 is 0 Å². The van der Waals surface area contributed by atoms with E-state index in [-0.39, 0.29) is 0 Å². The van der Waals surface area contributed by atoms with E-state index in [1.807, 2.05) is 25.1 Å². The molecule has 0 unspecified atom stereocenters. The van der Waals surface area contributed by atoms with Crippen LogP contribution in [0.5, 0.6) is 17.2 Å². The van der Waals surface area contributed by atoms with Gasteiger partial charge in [-0.05, 0) is 24.6 Å². The summed E-state index contributed by atoms with van der Waals surface area (Å²) in [5, 5.41) is 1.80. The van der Waals surface area contributed by atoms with Crippen LogP contribution in [0.25, 0.3) is 21.8 Å². The zero-order valence-electron chi connectivity index (χ0n) is 12.9. The fraction of sp³-hybridized carbons (Fsp3) is 0.235. The molecule has 1 heterocycles. The Labute approximate surface area is 127 Å². The average molecular weight is 299 g/mol. The summed E-state index contributed by atoms with van der Waals surface area (Å²) in [4.78, 5) is 14.5. The SMILES string of the molecule is COc1cc2[nH]c3c(C)cc(C=O)cc3c2c(OC)c1OC. The maximum Gasteiger partial charge on any atom is 0.204 e. The van der Waals surface area contributed by atoms with E-state index in [9.17, 15) is 4.79 Å². The number of hydrogen-bond donors (Lipinski definition) is 1. The minimum Gasteiger partial charge on any atom is -0.493 e. The third kappa shape index (κ3) is 1.89. The molecule has 0 aliphatic heterocycles. The lowest BCUT2D eigenvalue weighted by Crippen LogP contribution is -1.95. The van der Waals surface area contributed by atoms with Gasteiger partial charge >= 0.3 is 0 Å². The number of H-pyrrole nitrogens is 1. The molecule has 3 rings (SSSR count). The average Bonchev–Trinajstić information content (AvgIpc) is 2.91. The Balaban J connectivity index is 2.53. The molecule has 0 aliphatic carbocycles. The Kier molecular flexibility index (Phi) is 3.41. The van der Waals surface area contributed by atoms with Crippen molar-refractivity contribution in [3.63, 3.8) is 0 Å². The lowest BCUT2D eigenvalue weighted by Gasteiger charge is -2.13. The number of hydrogen-bond acceptors (Lipinski definition) is 4. The molecule has 0 saturated heterocycles. The highest BCUT2D eigenvalue weighted by molar-refractivity contribution is 6.14. The van der Waals surface area contributed by atoms with Gasteiger partial charge in [-0.3, -0.25) is 4.79 Å². The van der Waals surface area contributed by atoms with Crippen molar-refractivity contribution < 1.29 is 19.0 Å². The Morgan fingerprint density at radius 3 is 2.32 bits per heavy atom. The van der Waals surface area contributed by atoms with Crippen molar-refractivity contribution in [2.75, 3.05) is 21.3 Å². The fourth-order valence-corrected chi connectivity index (χ4v) is 2.90. The monoisotopic (exact) mass is 299 g/mol. The van der Waals surface area contributed by atoms with Gasteiger partial charge in [-0.2, -0.15) is 0 Å². The minimum absolute atomic E-state index is 0.535. The lowest BCUT2D eigenvalue weighted by atomic mass is 10.0. The number of rotatable bonds is 4. The van der Waals surface area contributed by atoms with E-state index in [1.165, 1.54) is 0 Å². The topological polar surface area (TPSA) is 60.6 Å². The normalized spacial score (nSPS) is 10.9. The van der Waals surface area contributed by atoms with Crippen molar-refractivity contribution in [3.05, 3.63) is 29.3 Å². The molecule has 114 valence electrons. The molecule has 0 radical (unpaired) electrons. The smallest absolute Gasteiger partial charge is 0.204 e. The molecule has 0 amide bonds. The van der Waals surface area contributed by atoms with Crippen LogP contribution in [-0.4, -0.2) is 32.6 Å². The summed E-state index contributed by atoms with van der Waals surface area (Å²) in [6.45, 7) is 1.96. The molecule has 5 heteroatoms. The summed E-state index contributed by atoms with van der Waals surface area (Å²) >= 11 is 0. The highest BCUT2D eigenvalue weighted by Gasteiger charge is 2.20. The second kappa shape index (κ2) is 5.26. The van der Waals surface area contributed by atoms with Crippen LogP contribution < -0.4 is 14.2 Å². The molecule has 0 bridgehead atoms. The maximum absolute atomic E-state index is 11.2. The molecular weight excluding hydrogens is 282 g/mol. The van der Waals surface area contributed by atoms with E-state index in [4.69, 9.17) is 14.2 Å². The second-order valence-corrected chi connectivity index (χ2v) is 5.07. The van der Waals surface area contributed by atoms with Crippen LogP contribution in [0, 0.1) is 6.92 Å². The lowest BCUT2D eigenvalue weighted by molar-refractivity contribution is 0.112. The van der Waals surface area contributed by atoms with E-state index < -0.39 is 0 Å². The molecule has 0 atom stereocenters. The molecule has 1 aromatic heterocycles. The van der Waals surface area contributed by atoms with Gasteiger partial charge < -0.3 is 19.2 Å². The minimum atomic E-state index is 0.535. The number of benzene rings is 2. The number of fused-ring (bicyclic) bond motifs is 3. The highest BCUT2D eigenvalue weighted by Crippen LogP contribution is 2.46. The Bertz CT molecular complexity index is 880. The van der Waals surface area contributed by atoms with Crippen molar-refractivity contribution in [3.8, 4) is 17.2 Å². The van der Waals surface area contributed by atoms with E-state index in [0.717, 1.165) is 33.7 Å². The third-order valence-electron chi connectivity index (χ3n) is 3.85. The van der Waals surface area contributed by atoms with Crippen molar-refractivity contribution in [1.29, 1.82) is 0 Å². The third-order valence-corrected chi connectivity index (χ3v) is 3.85. The van der Waals surface area contributed by atoms with Crippen molar-refractivity contribution >= 4 is 28.1 Å². The number of nitrogens with one attached hydrogen (secondary N) is 1. The van der Waals surface area contributed by atoms with Gasteiger partial charge in [-0.25, -0.2) is 0 Å². The van der Waals surface area contributed by atoms with Gasteiger partial charge in [0.2, 0.25) is 5.75 Å². The molecule has 5 nitrogen and oxygen atoms in total. The summed E-state index contributed by atoms with van der Waals surface area (Å²) in [7, 11) is 4.75. The van der Waals surface area contributed by atoms with Gasteiger partial charge in [0.1, 0.15) is 6.29 Å². The summed E-state index contributed by atoms with van der Waals surface area (Å²) in [6, 6.07) is 5.57. The van der Waals surface area contributed by atoms with E-state index in [2.05, 4.69) is 4.98 Å². The van der Waals surface area contributed by atoms with Crippen molar-refractivity contribution in [2.24, 2.45) is 0 Å². The van der Waals surface area contributed by atoms with Crippen LogP contribution in [0.15, 0.2) is 18.2 Å². The zero-order valence-corrected chi connectivity index (χ0v) is 12.9. The Morgan fingerprint density at radius 2 is 1.73 bits per heavy atom. The van der Waals surface area contributed by atoms with Gasteiger partial charge in [0.25, 0.3) is 0 Å². The first-order valence-corrected chi connectivity index (χ1v) is 6.84. The Hall–Kier alpha value is -2.69. The number of ether oxygens (including phenoxy) is 3. The van der Waals surface area contributed by atoms with Gasteiger partial charge in [0.05, 0.1) is 32.2 Å². The number of methoxy groups -OCH3 is 3. The van der Waals surface area contributed by atoms with Crippen molar-refractivity contribution in [2.45, 2.75) is 6.92 Å². The number of carbonyl (C=O) groups excluding carboxylic acids is 1. The molecule has 3 aromatic rings. The predicted molar refractivity (Wildman–Crippen MR) is 85.6 cm³/mol. The zero-order chi connectivity index (χ0) is 15.9. The summed E-state index contributed by atoms with van der Waals surface area (Å²) in [6.07, 6.45) is 0.846. The molecule has 0 spiro atoms. The Morgan fingerprint density at radius 1 is 1.00 bits per heavy atom. The van der Waals surface area contributed by atoms with Crippen LogP contribution in [-0.2, 0) is 0 Å². The number of carbonyl (C=O) groups is 1. The van der Waals surface area contributed by atoms with E-state index in [1.54, 1.807) is 21.3 Å². The molecule has 1 N–H and O–H groups in total. The molecule has 22 heavy (non-hydrogen) atoms. The quantitative estimate of drug-likeness (QED) is 0.749. The van der Waals surface area contributed by atoms with E-state index in [0.29, 0.717) is 22.8 Å². The summed E-state index contributed by atoms with van der Waals surface area (Å²) < 4.78 is 16.4. The number of aldehydes is 1. The second-order valence-electron chi connectivity index (χ2n) is 5.07. The summed E-state index contributed by atoms with van der Waals surface area (Å²) in [5.41, 5.74) is 3.46. The van der Waals surface area contributed by atoms with Gasteiger partial charge in [0, 0.05) is 22.5 Å². The number of aryl methyl sites for hydroxylation is 1. The van der Waals surface area contributed by atoms with Crippen LogP contribution >= 0.6 is 0 Å². The number of aromatic amines is 1. The number of aromatic nitrogens is 1. The van der Waals surface area contributed by atoms with Crippen LogP contribution in [0.4, 0.5) is 0 Å². The first-order valence-electron chi connectivity index (χ1n) is 6.84. The fourth-order valence-electron chi connectivity index (χ4n) is 2.90. The summed E-state index contributed by atoms with van der Waals surface area (Å²) in [5.74, 6) is 1.71. The van der Waals surface area contributed by atoms with Gasteiger partial charge in [0.15, 0.2) is 11.5 Å². The first kappa shape index (κ1) is 14.3. The largest absolute Gasteiger partial charge is 0.493 e. The van der Waals surface area contributed by atoms with Crippen molar-refractivity contribution in [1.82, 2.24) is 4.98 Å². The first-order chi connectivity index (χ1) is 10.6. The highest BCUT2D eigenvalue weighted by atomic mass is 16.5. The van der Waals surface area contributed by atoms with Gasteiger partial charge in [-0.1, -0.05) is 0 Å².